The normalized spacial score (nSPS) is 20.3. The summed E-state index contributed by atoms with van der Waals surface area (Å²) in [6, 6.07) is 9.08. The van der Waals surface area contributed by atoms with E-state index in [9.17, 15) is 14.0 Å². The van der Waals surface area contributed by atoms with Crippen molar-refractivity contribution in [2.45, 2.75) is 63.5 Å². The highest BCUT2D eigenvalue weighted by molar-refractivity contribution is 7.08. The zero-order valence-corrected chi connectivity index (χ0v) is 22.0. The summed E-state index contributed by atoms with van der Waals surface area (Å²) in [5, 5.41) is 15.5. The Bertz CT molecular complexity index is 1300. The molecule has 0 saturated heterocycles. The number of hydrogen-bond donors (Lipinski definition) is 2. The van der Waals surface area contributed by atoms with Gasteiger partial charge in [-0.3, -0.25) is 9.59 Å². The first-order valence-electron chi connectivity index (χ1n) is 12.8. The molecule has 2 aromatic heterocycles. The second kappa shape index (κ2) is 10.3. The summed E-state index contributed by atoms with van der Waals surface area (Å²) in [7, 11) is 1.85. The molecule has 0 aliphatic heterocycles. The molecule has 37 heavy (non-hydrogen) atoms. The number of amides is 2. The maximum Gasteiger partial charge on any atom is 0.225 e. The number of anilines is 1. The van der Waals surface area contributed by atoms with Crippen LogP contribution in [0.5, 0.6) is 0 Å². The molecule has 0 bridgehead atoms. The quantitative estimate of drug-likeness (QED) is 0.438. The first-order chi connectivity index (χ1) is 17.7. The molecule has 5 rings (SSSR count). The van der Waals surface area contributed by atoms with Crippen LogP contribution in [0.4, 0.5) is 10.2 Å². The van der Waals surface area contributed by atoms with Crippen LogP contribution in [0.15, 0.2) is 41.1 Å². The highest BCUT2D eigenvalue weighted by Gasteiger charge is 2.42. The van der Waals surface area contributed by atoms with Gasteiger partial charge >= 0.3 is 0 Å². The van der Waals surface area contributed by atoms with Gasteiger partial charge in [-0.25, -0.2) is 4.39 Å². The first kappa shape index (κ1) is 25.5. The van der Waals surface area contributed by atoms with E-state index in [-0.39, 0.29) is 29.6 Å². The Kier molecular flexibility index (Phi) is 7.09. The number of rotatable bonds is 7. The largest absolute Gasteiger partial charge is 0.343 e. The van der Waals surface area contributed by atoms with Crippen molar-refractivity contribution in [3.8, 4) is 22.4 Å². The molecular formula is C28H32FN5O2S. The lowest BCUT2D eigenvalue weighted by Crippen LogP contribution is -2.38. The van der Waals surface area contributed by atoms with Crippen molar-refractivity contribution < 1.29 is 14.0 Å². The van der Waals surface area contributed by atoms with Crippen LogP contribution >= 0.6 is 11.3 Å². The lowest BCUT2D eigenvalue weighted by atomic mass is 9.83. The summed E-state index contributed by atoms with van der Waals surface area (Å²) in [6.45, 7) is 1.59. The predicted octanol–water partition coefficient (Wildman–Crippen LogP) is 5.32. The fraction of sp³-hybridized carbons (Fsp3) is 0.429. The number of thiophene rings is 1. The van der Waals surface area contributed by atoms with E-state index in [0.29, 0.717) is 29.1 Å². The van der Waals surface area contributed by atoms with Crippen LogP contribution in [0.3, 0.4) is 0 Å². The molecule has 3 N–H and O–H groups in total. The predicted molar refractivity (Wildman–Crippen MR) is 143 cm³/mol. The number of carbonyl (C=O) groups is 2. The second-order valence-corrected chi connectivity index (χ2v) is 11.2. The highest BCUT2D eigenvalue weighted by atomic mass is 32.1. The number of nitrogens with two attached hydrogens (primary N) is 1. The van der Waals surface area contributed by atoms with Gasteiger partial charge in [-0.1, -0.05) is 12.1 Å². The van der Waals surface area contributed by atoms with Crippen molar-refractivity contribution in [3.63, 3.8) is 0 Å². The van der Waals surface area contributed by atoms with Crippen LogP contribution in [-0.2, 0) is 15.1 Å². The lowest BCUT2D eigenvalue weighted by molar-refractivity contribution is -0.130. The topological polar surface area (TPSA) is 101 Å². The fourth-order valence-corrected chi connectivity index (χ4v) is 5.88. The summed E-state index contributed by atoms with van der Waals surface area (Å²) in [5.41, 5.74) is 9.06. The van der Waals surface area contributed by atoms with Crippen LogP contribution in [0.1, 0.15) is 57.4 Å². The molecule has 194 valence electrons. The Hall–Kier alpha value is -3.17. The third-order valence-electron chi connectivity index (χ3n) is 7.80. The minimum atomic E-state index is -0.554. The van der Waals surface area contributed by atoms with Gasteiger partial charge in [-0.05, 0) is 79.0 Å². The third kappa shape index (κ3) is 5.57. The number of halogens is 1. The van der Waals surface area contributed by atoms with Crippen LogP contribution in [-0.4, -0.2) is 40.0 Å². The van der Waals surface area contributed by atoms with E-state index in [1.165, 1.54) is 6.07 Å². The molecule has 2 fully saturated rings. The molecule has 0 atom stereocenters. The number of benzene rings is 1. The number of aromatic nitrogens is 2. The van der Waals surface area contributed by atoms with E-state index in [2.05, 4.69) is 15.5 Å². The standard InChI is InChI=1S/C28H32FN5O2S/c1-17(35)34(2)21-6-3-18(4-7-21)13-26(36)31-25-15-22(20-9-12-37-16-20)27(33-32-25)19-5-8-23(24(29)14-19)28(30)10-11-28/h5,8-9,12,14-16,18,21H,3-4,6-7,10-11,13,30H2,1-2H3,(H,31,32,36)/t18-,21-. The zero-order chi connectivity index (χ0) is 26.2. The van der Waals surface area contributed by atoms with E-state index in [0.717, 1.165) is 49.7 Å². The van der Waals surface area contributed by atoms with E-state index in [1.54, 1.807) is 35.3 Å². The average molecular weight is 522 g/mol. The molecule has 2 aliphatic carbocycles. The van der Waals surface area contributed by atoms with Crippen LogP contribution in [0.25, 0.3) is 22.4 Å². The summed E-state index contributed by atoms with van der Waals surface area (Å²) in [4.78, 5) is 26.3. The smallest absolute Gasteiger partial charge is 0.225 e. The summed E-state index contributed by atoms with van der Waals surface area (Å²) in [5.74, 6) is 0.288. The summed E-state index contributed by atoms with van der Waals surface area (Å²) >= 11 is 1.55. The van der Waals surface area contributed by atoms with E-state index < -0.39 is 5.54 Å². The highest BCUT2D eigenvalue weighted by Crippen LogP contribution is 2.44. The Morgan fingerprint density at radius 3 is 2.51 bits per heavy atom. The number of nitrogens with zero attached hydrogens (tertiary/aromatic N) is 3. The van der Waals surface area contributed by atoms with E-state index in [1.807, 2.05) is 29.9 Å². The van der Waals surface area contributed by atoms with Crippen molar-refractivity contribution in [1.29, 1.82) is 0 Å². The van der Waals surface area contributed by atoms with Crippen LogP contribution in [0, 0.1) is 11.7 Å². The molecule has 3 aromatic rings. The van der Waals surface area contributed by atoms with Gasteiger partial charge in [0.2, 0.25) is 11.8 Å². The Morgan fingerprint density at radius 1 is 1.14 bits per heavy atom. The monoisotopic (exact) mass is 521 g/mol. The minimum Gasteiger partial charge on any atom is -0.343 e. The molecule has 9 heteroatoms. The van der Waals surface area contributed by atoms with Crippen molar-refractivity contribution >= 4 is 29.0 Å². The van der Waals surface area contributed by atoms with Gasteiger partial charge in [0, 0.05) is 48.7 Å². The van der Waals surface area contributed by atoms with Crippen molar-refractivity contribution in [1.82, 2.24) is 15.1 Å². The van der Waals surface area contributed by atoms with Gasteiger partial charge in [0.15, 0.2) is 5.82 Å². The molecule has 7 nitrogen and oxygen atoms in total. The molecule has 2 saturated carbocycles. The van der Waals surface area contributed by atoms with Crippen molar-refractivity contribution in [2.75, 3.05) is 12.4 Å². The second-order valence-electron chi connectivity index (χ2n) is 10.4. The molecule has 2 heterocycles. The van der Waals surface area contributed by atoms with Crippen molar-refractivity contribution in [2.24, 2.45) is 11.7 Å². The molecule has 0 radical (unpaired) electrons. The SMILES string of the molecule is CC(=O)N(C)[C@H]1CC[C@H](CC(=O)Nc2cc(-c3ccsc3)c(-c3ccc(C4(N)CC4)c(F)c3)nn2)CC1. The average Bonchev–Trinajstić information content (AvgIpc) is 3.38. The van der Waals surface area contributed by atoms with Crippen LogP contribution in [0.2, 0.25) is 0 Å². The molecule has 0 spiro atoms. The van der Waals surface area contributed by atoms with E-state index in [4.69, 9.17) is 5.73 Å². The maximum atomic E-state index is 14.9. The van der Waals surface area contributed by atoms with E-state index >= 15 is 0 Å². The molecule has 2 amide bonds. The maximum absolute atomic E-state index is 14.9. The molecular weight excluding hydrogens is 489 g/mol. The Balaban J connectivity index is 1.30. The molecule has 1 aromatic carbocycles. The Labute approximate surface area is 220 Å². The minimum absolute atomic E-state index is 0.0783. The summed E-state index contributed by atoms with van der Waals surface area (Å²) < 4.78 is 14.9. The van der Waals surface area contributed by atoms with Gasteiger partial charge in [0.25, 0.3) is 0 Å². The number of hydrogen-bond acceptors (Lipinski definition) is 6. The fourth-order valence-electron chi connectivity index (χ4n) is 5.22. The molecule has 0 unspecified atom stereocenters. The summed E-state index contributed by atoms with van der Waals surface area (Å²) in [6.07, 6.45) is 5.61. The number of nitrogens with one attached hydrogen (secondary N) is 1. The van der Waals surface area contributed by atoms with Gasteiger partial charge in [0.1, 0.15) is 11.5 Å². The Morgan fingerprint density at radius 2 is 1.89 bits per heavy atom. The van der Waals surface area contributed by atoms with Gasteiger partial charge in [-0.15, -0.1) is 10.2 Å². The van der Waals surface area contributed by atoms with Crippen molar-refractivity contribution in [3.05, 3.63) is 52.5 Å². The third-order valence-corrected chi connectivity index (χ3v) is 8.48. The lowest BCUT2D eigenvalue weighted by Gasteiger charge is -2.34. The van der Waals surface area contributed by atoms with Gasteiger partial charge in [-0.2, -0.15) is 11.3 Å². The molecule has 2 aliphatic rings. The zero-order valence-electron chi connectivity index (χ0n) is 21.2. The number of carbonyl (C=O) groups excluding carboxylic acids is 2. The van der Waals surface area contributed by atoms with Gasteiger partial charge < -0.3 is 16.0 Å². The first-order valence-corrected chi connectivity index (χ1v) is 13.7. The van der Waals surface area contributed by atoms with Gasteiger partial charge in [0.05, 0.1) is 0 Å². The van der Waals surface area contributed by atoms with Crippen LogP contribution < -0.4 is 11.1 Å².